The molecule has 0 bridgehead atoms. The molecule has 0 aromatic heterocycles. The molecule has 0 aromatic rings. The molecule has 2 amide bonds. The zero-order valence-corrected chi connectivity index (χ0v) is 13.9. The first-order valence-corrected chi connectivity index (χ1v) is 8.17. The van der Waals surface area contributed by atoms with E-state index in [1.807, 2.05) is 23.8 Å². The third kappa shape index (κ3) is 3.89. The van der Waals surface area contributed by atoms with E-state index < -0.39 is 11.4 Å². The van der Waals surface area contributed by atoms with Crippen molar-refractivity contribution in [1.29, 1.82) is 0 Å². The van der Waals surface area contributed by atoms with Gasteiger partial charge >= 0.3 is 12.0 Å². The highest BCUT2D eigenvalue weighted by Gasteiger charge is 2.42. The van der Waals surface area contributed by atoms with Gasteiger partial charge in [0.05, 0.1) is 5.41 Å². The summed E-state index contributed by atoms with van der Waals surface area (Å²) in [6, 6.07) is 0.304. The molecular weight excluding hydrogens is 268 g/mol. The van der Waals surface area contributed by atoms with E-state index >= 15 is 0 Å². The summed E-state index contributed by atoms with van der Waals surface area (Å²) in [4.78, 5) is 27.7. The third-order valence-corrected chi connectivity index (χ3v) is 4.97. The fourth-order valence-electron chi connectivity index (χ4n) is 3.39. The Morgan fingerprint density at radius 1 is 1.19 bits per heavy atom. The Kier molecular flexibility index (Phi) is 6.49. The molecule has 1 aliphatic heterocycles. The van der Waals surface area contributed by atoms with Gasteiger partial charge in [0.1, 0.15) is 0 Å². The standard InChI is InChI=1S/C16H30N2O3/c1-5-8-16(14(19)20)9-11-18(12-10-16)15(21)17(4)13(6-2)7-3/h13H,5-12H2,1-4H3,(H,19,20). The average molecular weight is 298 g/mol. The van der Waals surface area contributed by atoms with Gasteiger partial charge in [-0.3, -0.25) is 4.79 Å². The van der Waals surface area contributed by atoms with Gasteiger partial charge in [0.25, 0.3) is 0 Å². The van der Waals surface area contributed by atoms with Crippen LogP contribution in [0.3, 0.4) is 0 Å². The van der Waals surface area contributed by atoms with Crippen molar-refractivity contribution in [1.82, 2.24) is 9.80 Å². The number of hydrogen-bond donors (Lipinski definition) is 1. The zero-order chi connectivity index (χ0) is 16.0. The predicted octanol–water partition coefficient (Wildman–Crippen LogP) is 3.19. The minimum Gasteiger partial charge on any atom is -0.481 e. The number of piperidine rings is 1. The number of carbonyl (C=O) groups excluding carboxylic acids is 1. The molecule has 0 atom stereocenters. The molecule has 1 rings (SSSR count). The van der Waals surface area contributed by atoms with Crippen molar-refractivity contribution in [3.05, 3.63) is 0 Å². The molecule has 0 saturated carbocycles. The van der Waals surface area contributed by atoms with E-state index in [-0.39, 0.29) is 12.1 Å². The molecule has 5 heteroatoms. The van der Waals surface area contributed by atoms with E-state index in [2.05, 4.69) is 13.8 Å². The molecule has 0 aliphatic carbocycles. The van der Waals surface area contributed by atoms with Gasteiger partial charge in [0.2, 0.25) is 0 Å². The molecule has 1 N–H and O–H groups in total. The van der Waals surface area contributed by atoms with Gasteiger partial charge in [-0.25, -0.2) is 4.79 Å². The van der Waals surface area contributed by atoms with E-state index in [9.17, 15) is 14.7 Å². The van der Waals surface area contributed by atoms with Crippen LogP contribution in [0.25, 0.3) is 0 Å². The number of urea groups is 1. The van der Waals surface area contributed by atoms with Crippen LogP contribution in [0.2, 0.25) is 0 Å². The van der Waals surface area contributed by atoms with Crippen LogP contribution in [0, 0.1) is 5.41 Å². The lowest BCUT2D eigenvalue weighted by Gasteiger charge is -2.41. The first kappa shape index (κ1) is 17.8. The van der Waals surface area contributed by atoms with Crippen LogP contribution < -0.4 is 0 Å². The molecule has 5 nitrogen and oxygen atoms in total. The Hall–Kier alpha value is -1.26. The highest BCUT2D eigenvalue weighted by molar-refractivity contribution is 5.77. The summed E-state index contributed by atoms with van der Waals surface area (Å²) < 4.78 is 0. The maximum Gasteiger partial charge on any atom is 0.319 e. The van der Waals surface area contributed by atoms with Gasteiger partial charge in [0.15, 0.2) is 0 Å². The smallest absolute Gasteiger partial charge is 0.319 e. The lowest BCUT2D eigenvalue weighted by atomic mass is 9.75. The number of rotatable bonds is 6. The molecule has 1 aliphatic rings. The minimum absolute atomic E-state index is 0.0409. The topological polar surface area (TPSA) is 60.9 Å². The number of carbonyl (C=O) groups is 2. The molecule has 1 heterocycles. The van der Waals surface area contributed by atoms with Crippen molar-refractivity contribution < 1.29 is 14.7 Å². The number of carboxylic acids is 1. The molecule has 1 fully saturated rings. The summed E-state index contributed by atoms with van der Waals surface area (Å²) in [5.74, 6) is -0.704. The number of amides is 2. The normalized spacial score (nSPS) is 17.9. The summed E-state index contributed by atoms with van der Waals surface area (Å²) in [6.07, 6.45) is 4.60. The van der Waals surface area contributed by atoms with Crippen molar-refractivity contribution in [2.45, 2.75) is 65.3 Å². The van der Waals surface area contributed by atoms with Crippen molar-refractivity contribution >= 4 is 12.0 Å². The number of hydrogen-bond acceptors (Lipinski definition) is 2. The van der Waals surface area contributed by atoms with Gasteiger partial charge in [-0.15, -0.1) is 0 Å². The fraction of sp³-hybridized carbons (Fsp3) is 0.875. The van der Waals surface area contributed by atoms with Crippen molar-refractivity contribution in [2.75, 3.05) is 20.1 Å². The van der Waals surface area contributed by atoms with Gasteiger partial charge < -0.3 is 14.9 Å². The average Bonchev–Trinajstić information content (AvgIpc) is 2.48. The Bertz CT molecular complexity index is 359. The van der Waals surface area contributed by atoms with Crippen molar-refractivity contribution in [2.24, 2.45) is 5.41 Å². The molecule has 0 aromatic carbocycles. The van der Waals surface area contributed by atoms with E-state index in [0.29, 0.717) is 32.4 Å². The summed E-state index contributed by atoms with van der Waals surface area (Å²) in [7, 11) is 1.85. The first-order chi connectivity index (χ1) is 9.91. The van der Waals surface area contributed by atoms with Crippen LogP contribution in [0.1, 0.15) is 59.3 Å². The van der Waals surface area contributed by atoms with Gasteiger partial charge in [0, 0.05) is 26.2 Å². The number of nitrogens with zero attached hydrogens (tertiary/aromatic N) is 2. The highest BCUT2D eigenvalue weighted by atomic mass is 16.4. The monoisotopic (exact) mass is 298 g/mol. The highest BCUT2D eigenvalue weighted by Crippen LogP contribution is 2.36. The lowest BCUT2D eigenvalue weighted by Crippen LogP contribution is -2.51. The third-order valence-electron chi connectivity index (χ3n) is 4.97. The quantitative estimate of drug-likeness (QED) is 0.819. The lowest BCUT2D eigenvalue weighted by molar-refractivity contribution is -0.152. The Balaban J connectivity index is 2.67. The summed E-state index contributed by atoms with van der Waals surface area (Å²) in [5.41, 5.74) is -0.626. The van der Waals surface area contributed by atoms with Crippen LogP contribution in [-0.2, 0) is 4.79 Å². The van der Waals surface area contributed by atoms with E-state index in [4.69, 9.17) is 0 Å². The first-order valence-electron chi connectivity index (χ1n) is 8.17. The van der Waals surface area contributed by atoms with E-state index in [1.54, 1.807) is 0 Å². The largest absolute Gasteiger partial charge is 0.481 e. The summed E-state index contributed by atoms with van der Waals surface area (Å²) >= 11 is 0. The molecular formula is C16H30N2O3. The van der Waals surface area contributed by atoms with Crippen LogP contribution >= 0.6 is 0 Å². The molecule has 0 spiro atoms. The number of carboxylic acid groups (broad SMARTS) is 1. The molecule has 1 saturated heterocycles. The van der Waals surface area contributed by atoms with Gasteiger partial charge in [-0.2, -0.15) is 0 Å². The van der Waals surface area contributed by atoms with Crippen LogP contribution in [-0.4, -0.2) is 53.1 Å². The second-order valence-corrected chi connectivity index (χ2v) is 6.19. The molecule has 0 unspecified atom stereocenters. The zero-order valence-electron chi connectivity index (χ0n) is 13.9. The maximum absolute atomic E-state index is 12.5. The van der Waals surface area contributed by atoms with Crippen LogP contribution in [0.4, 0.5) is 4.79 Å². The number of likely N-dealkylation sites (tertiary alicyclic amines) is 1. The van der Waals surface area contributed by atoms with E-state index in [0.717, 1.165) is 19.3 Å². The van der Waals surface area contributed by atoms with Crippen molar-refractivity contribution in [3.63, 3.8) is 0 Å². The summed E-state index contributed by atoms with van der Waals surface area (Å²) in [6.45, 7) is 7.30. The van der Waals surface area contributed by atoms with Crippen LogP contribution in [0.15, 0.2) is 0 Å². The Morgan fingerprint density at radius 2 is 1.71 bits per heavy atom. The minimum atomic E-state index is -0.704. The van der Waals surface area contributed by atoms with E-state index in [1.165, 1.54) is 0 Å². The van der Waals surface area contributed by atoms with Crippen molar-refractivity contribution in [3.8, 4) is 0 Å². The molecule has 122 valence electrons. The Morgan fingerprint density at radius 3 is 2.10 bits per heavy atom. The van der Waals surface area contributed by atoms with Gasteiger partial charge in [-0.05, 0) is 32.1 Å². The second-order valence-electron chi connectivity index (χ2n) is 6.19. The fourth-order valence-corrected chi connectivity index (χ4v) is 3.39. The second kappa shape index (κ2) is 7.66. The SMILES string of the molecule is CCCC1(C(=O)O)CCN(C(=O)N(C)C(CC)CC)CC1. The predicted molar refractivity (Wildman–Crippen MR) is 83.3 cm³/mol. The number of aliphatic carboxylic acids is 1. The maximum atomic E-state index is 12.5. The van der Waals surface area contributed by atoms with Crippen LogP contribution in [0.5, 0.6) is 0 Å². The van der Waals surface area contributed by atoms with Gasteiger partial charge in [-0.1, -0.05) is 27.2 Å². The summed E-state index contributed by atoms with van der Waals surface area (Å²) in [5, 5.41) is 9.50. The molecule has 21 heavy (non-hydrogen) atoms. The molecule has 0 radical (unpaired) electrons. The Labute approximate surface area is 128 Å².